The van der Waals surface area contributed by atoms with Gasteiger partial charge in [-0.3, -0.25) is 0 Å². The van der Waals surface area contributed by atoms with E-state index in [-0.39, 0.29) is 5.03 Å². The molecular formula is C4H7N3O2S. The van der Waals surface area contributed by atoms with Crippen LogP contribution in [0, 0.1) is 0 Å². The van der Waals surface area contributed by atoms with Crippen molar-refractivity contribution in [3.05, 3.63) is 12.5 Å². The molecule has 0 unspecified atom stereocenters. The molecule has 5 nitrogen and oxygen atoms in total. The maximum atomic E-state index is 10.9. The molecule has 0 bridgehead atoms. The average molecular weight is 161 g/mol. The van der Waals surface area contributed by atoms with Gasteiger partial charge in [0.05, 0.1) is 12.5 Å². The van der Waals surface area contributed by atoms with Crippen molar-refractivity contribution in [1.82, 2.24) is 14.7 Å². The molecule has 6 heteroatoms. The van der Waals surface area contributed by atoms with Gasteiger partial charge in [-0.15, -0.1) is 0 Å². The first-order chi connectivity index (χ1) is 4.67. The normalized spacial score (nSPS) is 11.7. The molecule has 10 heavy (non-hydrogen) atoms. The molecule has 0 aliphatic carbocycles. The number of imidazole rings is 1. The van der Waals surface area contributed by atoms with Crippen molar-refractivity contribution < 1.29 is 8.42 Å². The fraction of sp³-hybridized carbons (Fsp3) is 0.250. The van der Waals surface area contributed by atoms with E-state index in [1.54, 1.807) is 0 Å². The summed E-state index contributed by atoms with van der Waals surface area (Å²) in [5.74, 6) is 0. The fourth-order valence-corrected chi connectivity index (χ4v) is 1.13. The summed E-state index contributed by atoms with van der Waals surface area (Å²) >= 11 is 0. The predicted octanol–water partition coefficient (Wildman–Crippen LogP) is -0.682. The van der Waals surface area contributed by atoms with E-state index in [4.69, 9.17) is 0 Å². The van der Waals surface area contributed by atoms with Crippen LogP contribution < -0.4 is 4.72 Å². The van der Waals surface area contributed by atoms with E-state index in [0.717, 1.165) is 0 Å². The molecule has 1 rings (SSSR count). The predicted molar refractivity (Wildman–Crippen MR) is 34.8 cm³/mol. The van der Waals surface area contributed by atoms with E-state index in [0.29, 0.717) is 0 Å². The molecule has 0 amide bonds. The summed E-state index contributed by atoms with van der Waals surface area (Å²) < 4.78 is 23.9. The average Bonchev–Trinajstić information content (AvgIpc) is 2.38. The largest absolute Gasteiger partial charge is 0.335 e. The van der Waals surface area contributed by atoms with Crippen LogP contribution in [0.3, 0.4) is 0 Å². The lowest BCUT2D eigenvalue weighted by Crippen LogP contribution is -2.18. The minimum Gasteiger partial charge on any atom is -0.335 e. The maximum absolute atomic E-state index is 10.9. The van der Waals surface area contributed by atoms with E-state index in [9.17, 15) is 8.42 Å². The highest BCUT2D eigenvalue weighted by atomic mass is 32.2. The highest BCUT2D eigenvalue weighted by Crippen LogP contribution is 1.99. The SMILES string of the molecule is CNS(=O)(=O)c1cnc[nH]1. The van der Waals surface area contributed by atoms with Gasteiger partial charge in [0, 0.05) is 0 Å². The van der Waals surface area contributed by atoms with Crippen LogP contribution in [-0.4, -0.2) is 25.4 Å². The highest BCUT2D eigenvalue weighted by molar-refractivity contribution is 7.89. The molecule has 1 aromatic heterocycles. The molecular weight excluding hydrogens is 154 g/mol. The quantitative estimate of drug-likeness (QED) is 0.603. The van der Waals surface area contributed by atoms with Crippen LogP contribution in [0.1, 0.15) is 0 Å². The van der Waals surface area contributed by atoms with Gasteiger partial charge in [0.15, 0.2) is 5.03 Å². The number of rotatable bonds is 2. The lowest BCUT2D eigenvalue weighted by atomic mass is 11.0. The number of sulfonamides is 1. The number of nitrogens with zero attached hydrogens (tertiary/aromatic N) is 1. The Balaban J connectivity index is 3.09. The Morgan fingerprint density at radius 1 is 1.70 bits per heavy atom. The van der Waals surface area contributed by atoms with Crippen LogP contribution in [0.5, 0.6) is 0 Å². The molecule has 0 radical (unpaired) electrons. The van der Waals surface area contributed by atoms with Crippen LogP contribution in [0.4, 0.5) is 0 Å². The third kappa shape index (κ3) is 1.17. The maximum Gasteiger partial charge on any atom is 0.257 e. The standard InChI is InChI=1S/C4H7N3O2S/c1-5-10(8,9)4-2-6-3-7-4/h2-3,5H,1H3,(H,6,7). The van der Waals surface area contributed by atoms with Crippen molar-refractivity contribution in [2.75, 3.05) is 7.05 Å². The number of aromatic amines is 1. The molecule has 0 spiro atoms. The molecule has 0 saturated carbocycles. The Hall–Kier alpha value is -0.880. The van der Waals surface area contributed by atoms with Crippen molar-refractivity contribution in [1.29, 1.82) is 0 Å². The molecule has 0 aliphatic rings. The van der Waals surface area contributed by atoms with Gasteiger partial charge < -0.3 is 4.98 Å². The Labute approximate surface area is 58.5 Å². The summed E-state index contributed by atoms with van der Waals surface area (Å²) in [5, 5.41) is 0.0787. The number of hydrogen-bond donors (Lipinski definition) is 2. The Morgan fingerprint density at radius 2 is 2.40 bits per heavy atom. The first-order valence-corrected chi connectivity index (χ1v) is 4.07. The molecule has 0 aromatic carbocycles. The third-order valence-corrected chi connectivity index (χ3v) is 2.37. The van der Waals surface area contributed by atoms with E-state index < -0.39 is 10.0 Å². The van der Waals surface area contributed by atoms with Gasteiger partial charge in [-0.2, -0.15) is 0 Å². The van der Waals surface area contributed by atoms with Crippen molar-refractivity contribution in [3.8, 4) is 0 Å². The second kappa shape index (κ2) is 2.39. The van der Waals surface area contributed by atoms with Crippen LogP contribution in [-0.2, 0) is 10.0 Å². The molecule has 1 aromatic rings. The smallest absolute Gasteiger partial charge is 0.257 e. The van der Waals surface area contributed by atoms with E-state index in [2.05, 4.69) is 14.7 Å². The lowest BCUT2D eigenvalue weighted by molar-refractivity contribution is 0.585. The fourth-order valence-electron chi connectivity index (χ4n) is 0.500. The molecule has 0 fully saturated rings. The van der Waals surface area contributed by atoms with Gasteiger partial charge in [-0.05, 0) is 7.05 Å². The molecule has 2 N–H and O–H groups in total. The monoisotopic (exact) mass is 161 g/mol. The number of H-pyrrole nitrogens is 1. The Bertz CT molecular complexity index is 288. The summed E-state index contributed by atoms with van der Waals surface area (Å²) in [6, 6.07) is 0. The zero-order valence-electron chi connectivity index (χ0n) is 5.33. The van der Waals surface area contributed by atoms with Crippen molar-refractivity contribution in [3.63, 3.8) is 0 Å². The lowest BCUT2D eigenvalue weighted by Gasteiger charge is -1.94. The molecule has 0 saturated heterocycles. The van der Waals surface area contributed by atoms with Crippen molar-refractivity contribution in [2.24, 2.45) is 0 Å². The van der Waals surface area contributed by atoms with E-state index in [1.165, 1.54) is 19.6 Å². The molecule has 1 heterocycles. The van der Waals surface area contributed by atoms with Crippen LogP contribution >= 0.6 is 0 Å². The number of nitrogens with one attached hydrogen (secondary N) is 2. The first kappa shape index (κ1) is 7.23. The zero-order chi connectivity index (χ0) is 7.61. The van der Waals surface area contributed by atoms with Crippen molar-refractivity contribution >= 4 is 10.0 Å². The van der Waals surface area contributed by atoms with Gasteiger partial charge in [0.25, 0.3) is 10.0 Å². The summed E-state index contributed by atoms with van der Waals surface area (Å²) in [6.07, 6.45) is 2.55. The second-order valence-corrected chi connectivity index (χ2v) is 3.48. The first-order valence-electron chi connectivity index (χ1n) is 2.59. The topological polar surface area (TPSA) is 74.8 Å². The molecule has 0 aliphatic heterocycles. The van der Waals surface area contributed by atoms with Crippen LogP contribution in [0.15, 0.2) is 17.6 Å². The van der Waals surface area contributed by atoms with Gasteiger partial charge in [0.2, 0.25) is 0 Å². The molecule has 56 valence electrons. The van der Waals surface area contributed by atoms with Gasteiger partial charge in [-0.25, -0.2) is 18.1 Å². The number of hydrogen-bond acceptors (Lipinski definition) is 3. The second-order valence-electron chi connectivity index (χ2n) is 1.62. The van der Waals surface area contributed by atoms with E-state index in [1.807, 2.05) is 0 Å². The van der Waals surface area contributed by atoms with Crippen LogP contribution in [0.2, 0.25) is 0 Å². The van der Waals surface area contributed by atoms with Gasteiger partial charge in [-0.1, -0.05) is 0 Å². The van der Waals surface area contributed by atoms with E-state index >= 15 is 0 Å². The number of aromatic nitrogens is 2. The summed E-state index contributed by atoms with van der Waals surface area (Å²) in [7, 11) is -1.98. The van der Waals surface area contributed by atoms with Crippen LogP contribution in [0.25, 0.3) is 0 Å². The Kier molecular flexibility index (Phi) is 1.73. The highest BCUT2D eigenvalue weighted by Gasteiger charge is 2.10. The summed E-state index contributed by atoms with van der Waals surface area (Å²) in [4.78, 5) is 6.03. The summed E-state index contributed by atoms with van der Waals surface area (Å²) in [6.45, 7) is 0. The minimum absolute atomic E-state index is 0.0787. The van der Waals surface area contributed by atoms with Gasteiger partial charge in [0.1, 0.15) is 0 Å². The van der Waals surface area contributed by atoms with Gasteiger partial charge >= 0.3 is 0 Å². The third-order valence-electron chi connectivity index (χ3n) is 1.03. The minimum atomic E-state index is -3.32. The van der Waals surface area contributed by atoms with Crippen molar-refractivity contribution in [2.45, 2.75) is 5.03 Å². The summed E-state index contributed by atoms with van der Waals surface area (Å²) in [5.41, 5.74) is 0. The zero-order valence-corrected chi connectivity index (χ0v) is 6.14. The molecule has 0 atom stereocenters. The Morgan fingerprint density at radius 3 is 2.80 bits per heavy atom.